The van der Waals surface area contributed by atoms with Crippen LogP contribution in [0.15, 0.2) is 36.4 Å². The molecule has 0 N–H and O–H groups in total. The Morgan fingerprint density at radius 3 is 2.50 bits per heavy atom. The number of halogens is 2. The van der Waals surface area contributed by atoms with Crippen LogP contribution in [0, 0.1) is 19.7 Å². The van der Waals surface area contributed by atoms with E-state index in [0.717, 1.165) is 5.56 Å². The van der Waals surface area contributed by atoms with E-state index in [1.165, 1.54) is 23.3 Å². The zero-order chi connectivity index (χ0) is 14.3. The summed E-state index contributed by atoms with van der Waals surface area (Å²) in [4.78, 5) is 8.73. The molecule has 0 atom stereocenters. The topological polar surface area (TPSA) is 25.8 Å². The van der Waals surface area contributed by atoms with Gasteiger partial charge < -0.3 is 0 Å². The maximum atomic E-state index is 13.2. The molecule has 0 fully saturated rings. The van der Waals surface area contributed by atoms with E-state index < -0.39 is 0 Å². The highest BCUT2D eigenvalue weighted by atomic mass is 35.5. The molecular formula is C16H12ClFN2. The Labute approximate surface area is 121 Å². The van der Waals surface area contributed by atoms with Crippen molar-refractivity contribution in [3.63, 3.8) is 0 Å². The van der Waals surface area contributed by atoms with Gasteiger partial charge in [-0.1, -0.05) is 23.7 Å². The lowest BCUT2D eigenvalue weighted by molar-refractivity contribution is 0.629. The average Bonchev–Trinajstić information content (AvgIpc) is 2.42. The van der Waals surface area contributed by atoms with Crippen LogP contribution < -0.4 is 0 Å². The van der Waals surface area contributed by atoms with Crippen molar-refractivity contribution >= 4 is 22.5 Å². The molecule has 0 amide bonds. The van der Waals surface area contributed by atoms with E-state index in [1.807, 2.05) is 25.1 Å². The number of rotatable bonds is 1. The summed E-state index contributed by atoms with van der Waals surface area (Å²) in [6.45, 7) is 4.09. The fraction of sp³-hybridized carbons (Fsp3) is 0.125. The molecule has 1 heterocycles. The molecule has 100 valence electrons. The van der Waals surface area contributed by atoms with Crippen LogP contribution in [-0.2, 0) is 0 Å². The van der Waals surface area contributed by atoms with E-state index in [-0.39, 0.29) is 11.0 Å². The van der Waals surface area contributed by atoms with Gasteiger partial charge in [-0.3, -0.25) is 0 Å². The fourth-order valence-corrected chi connectivity index (χ4v) is 2.30. The first kappa shape index (κ1) is 13.0. The molecule has 4 heteroatoms. The molecule has 0 radical (unpaired) electrons. The van der Waals surface area contributed by atoms with E-state index in [2.05, 4.69) is 16.9 Å². The van der Waals surface area contributed by atoms with Crippen LogP contribution in [0.3, 0.4) is 0 Å². The van der Waals surface area contributed by atoms with Crippen LogP contribution in [-0.4, -0.2) is 9.97 Å². The highest BCUT2D eigenvalue weighted by Gasteiger charge is 2.09. The molecule has 0 saturated heterocycles. The second-order valence-corrected chi connectivity index (χ2v) is 5.16. The van der Waals surface area contributed by atoms with Gasteiger partial charge >= 0.3 is 0 Å². The summed E-state index contributed by atoms with van der Waals surface area (Å²) in [7, 11) is 0. The number of benzene rings is 2. The average molecular weight is 287 g/mol. The predicted octanol–water partition coefficient (Wildman–Crippen LogP) is 4.71. The quantitative estimate of drug-likeness (QED) is 0.606. The summed E-state index contributed by atoms with van der Waals surface area (Å²) in [6, 6.07) is 10.3. The Morgan fingerprint density at radius 2 is 1.75 bits per heavy atom. The van der Waals surface area contributed by atoms with Crippen LogP contribution in [0.5, 0.6) is 0 Å². The fourth-order valence-electron chi connectivity index (χ4n) is 2.07. The summed E-state index contributed by atoms with van der Waals surface area (Å²) in [5.41, 5.74) is 3.92. The van der Waals surface area contributed by atoms with Gasteiger partial charge in [0.25, 0.3) is 0 Å². The van der Waals surface area contributed by atoms with Crippen molar-refractivity contribution in [3.05, 3.63) is 58.5 Å². The molecule has 2 nitrogen and oxygen atoms in total. The molecule has 3 rings (SSSR count). The third-order valence-electron chi connectivity index (χ3n) is 3.38. The van der Waals surface area contributed by atoms with Crippen molar-refractivity contribution < 1.29 is 4.39 Å². The molecule has 2 aromatic carbocycles. The molecular weight excluding hydrogens is 275 g/mol. The molecule has 0 aliphatic rings. The van der Waals surface area contributed by atoms with Crippen molar-refractivity contribution in [2.45, 2.75) is 13.8 Å². The molecule has 0 aliphatic heterocycles. The number of hydrogen-bond donors (Lipinski definition) is 0. The normalized spacial score (nSPS) is 11.0. The van der Waals surface area contributed by atoms with Crippen LogP contribution >= 0.6 is 11.6 Å². The lowest BCUT2D eigenvalue weighted by atomic mass is 10.1. The summed E-state index contributed by atoms with van der Waals surface area (Å²) in [6.07, 6.45) is 0. The number of nitrogens with zero attached hydrogens (tertiary/aromatic N) is 2. The predicted molar refractivity (Wildman–Crippen MR) is 79.4 cm³/mol. The lowest BCUT2D eigenvalue weighted by Gasteiger charge is -2.07. The first-order valence-electron chi connectivity index (χ1n) is 6.25. The molecule has 0 unspecified atom stereocenters. The number of fused-ring (bicyclic) bond motifs is 1. The van der Waals surface area contributed by atoms with E-state index in [4.69, 9.17) is 11.6 Å². The van der Waals surface area contributed by atoms with Gasteiger partial charge in [0.1, 0.15) is 11.0 Å². The minimum atomic E-state index is -0.345. The van der Waals surface area contributed by atoms with Crippen molar-refractivity contribution in [2.75, 3.05) is 0 Å². The Balaban J connectivity index is 2.21. The monoisotopic (exact) mass is 286 g/mol. The van der Waals surface area contributed by atoms with Gasteiger partial charge in [-0.25, -0.2) is 14.4 Å². The molecule has 0 saturated carbocycles. The zero-order valence-electron chi connectivity index (χ0n) is 11.1. The van der Waals surface area contributed by atoms with E-state index in [0.29, 0.717) is 16.7 Å². The Kier molecular flexibility index (Phi) is 3.14. The van der Waals surface area contributed by atoms with E-state index in [9.17, 15) is 4.39 Å². The first-order chi connectivity index (χ1) is 9.54. The Hall–Kier alpha value is -2.00. The summed E-state index contributed by atoms with van der Waals surface area (Å²) in [5, 5.41) is 0.793. The van der Waals surface area contributed by atoms with Gasteiger partial charge in [0, 0.05) is 10.9 Å². The van der Waals surface area contributed by atoms with Crippen molar-refractivity contribution in [1.82, 2.24) is 9.97 Å². The van der Waals surface area contributed by atoms with Gasteiger partial charge in [-0.15, -0.1) is 0 Å². The largest absolute Gasteiger partial charge is 0.228 e. The van der Waals surface area contributed by atoms with Crippen LogP contribution in [0.2, 0.25) is 5.15 Å². The molecule has 3 aromatic rings. The Bertz CT molecular complexity index is 815. The minimum Gasteiger partial charge on any atom is -0.228 e. The molecule has 0 bridgehead atoms. The first-order valence-corrected chi connectivity index (χ1v) is 6.63. The maximum absolute atomic E-state index is 13.2. The van der Waals surface area contributed by atoms with E-state index in [1.54, 1.807) is 6.07 Å². The summed E-state index contributed by atoms with van der Waals surface area (Å²) < 4.78 is 13.2. The smallest absolute Gasteiger partial charge is 0.161 e. The standard InChI is InChI=1S/C16H12ClFN2/c1-9-3-4-11(7-10(9)2)16-19-14-6-5-12(18)8-13(14)15(17)20-16/h3-8H,1-2H3. The summed E-state index contributed by atoms with van der Waals surface area (Å²) in [5.74, 6) is 0.208. The third kappa shape index (κ3) is 2.25. The second kappa shape index (κ2) is 4.84. The number of aromatic nitrogens is 2. The minimum absolute atomic E-state index is 0.266. The van der Waals surface area contributed by atoms with Gasteiger partial charge in [0.15, 0.2) is 5.82 Å². The summed E-state index contributed by atoms with van der Waals surface area (Å²) >= 11 is 6.14. The van der Waals surface area contributed by atoms with Gasteiger partial charge in [-0.2, -0.15) is 0 Å². The SMILES string of the molecule is Cc1ccc(-c2nc(Cl)c3cc(F)ccc3n2)cc1C. The number of hydrogen-bond acceptors (Lipinski definition) is 2. The molecule has 20 heavy (non-hydrogen) atoms. The van der Waals surface area contributed by atoms with E-state index >= 15 is 0 Å². The molecule has 0 aliphatic carbocycles. The lowest BCUT2D eigenvalue weighted by Crippen LogP contribution is -1.93. The maximum Gasteiger partial charge on any atom is 0.161 e. The van der Waals surface area contributed by atoms with Crippen molar-refractivity contribution in [2.24, 2.45) is 0 Å². The second-order valence-electron chi connectivity index (χ2n) is 4.80. The third-order valence-corrected chi connectivity index (χ3v) is 3.66. The van der Waals surface area contributed by atoms with Crippen LogP contribution in [0.25, 0.3) is 22.3 Å². The van der Waals surface area contributed by atoms with Crippen LogP contribution in [0.4, 0.5) is 4.39 Å². The molecule has 0 spiro atoms. The highest BCUT2D eigenvalue weighted by Crippen LogP contribution is 2.26. The van der Waals surface area contributed by atoms with Gasteiger partial charge in [0.2, 0.25) is 0 Å². The van der Waals surface area contributed by atoms with Gasteiger partial charge in [-0.05, 0) is 49.2 Å². The Morgan fingerprint density at radius 1 is 0.950 bits per heavy atom. The number of aryl methyl sites for hydroxylation is 2. The molecule has 1 aromatic heterocycles. The van der Waals surface area contributed by atoms with Crippen LogP contribution in [0.1, 0.15) is 11.1 Å². The van der Waals surface area contributed by atoms with Crippen molar-refractivity contribution in [3.8, 4) is 11.4 Å². The highest BCUT2D eigenvalue weighted by molar-refractivity contribution is 6.34. The van der Waals surface area contributed by atoms with Gasteiger partial charge in [0.05, 0.1) is 5.52 Å². The zero-order valence-corrected chi connectivity index (χ0v) is 11.9. The van der Waals surface area contributed by atoms with Crippen molar-refractivity contribution in [1.29, 1.82) is 0 Å².